The summed E-state index contributed by atoms with van der Waals surface area (Å²) in [5, 5.41) is 11.9. The summed E-state index contributed by atoms with van der Waals surface area (Å²) in [6.45, 7) is 9.05. The first kappa shape index (κ1) is 43.0. The molecular weight excluding hydrogens is 804 g/mol. The van der Waals surface area contributed by atoms with E-state index in [4.69, 9.17) is 16.3 Å². The smallest absolute Gasteiger partial charge is 0.262 e. The maximum absolute atomic E-state index is 13.8. The average Bonchev–Trinajstić information content (AvgIpc) is 3.53. The highest BCUT2D eigenvalue weighted by Gasteiger charge is 2.45. The van der Waals surface area contributed by atoms with Gasteiger partial charge in [-0.2, -0.15) is 5.26 Å². The first-order chi connectivity index (χ1) is 30.0. The van der Waals surface area contributed by atoms with Crippen LogP contribution in [0.3, 0.4) is 0 Å². The van der Waals surface area contributed by atoms with Crippen molar-refractivity contribution in [3.05, 3.63) is 93.5 Å². The highest BCUT2D eigenvalue weighted by Crippen LogP contribution is 2.36. The Labute approximate surface area is 368 Å². The van der Waals surface area contributed by atoms with Gasteiger partial charge in [0.15, 0.2) is 0 Å². The molecule has 4 unspecified atom stereocenters. The van der Waals surface area contributed by atoms with Crippen LogP contribution in [0, 0.1) is 40.9 Å². The van der Waals surface area contributed by atoms with Crippen LogP contribution in [-0.2, 0) is 9.59 Å². The maximum Gasteiger partial charge on any atom is 0.262 e. The second kappa shape index (κ2) is 18.7. The second-order valence-electron chi connectivity index (χ2n) is 17.4. The molecule has 4 fully saturated rings. The average molecular weight is 857 g/mol. The standard InChI is InChI=1S/C49H53ClN6O6/c1-3-53(30-36-6-4-5-31(2)45(36)62-39-15-13-35(29-51)42(50)28-39)47(59)34-11-9-32(10-12-34)7-8-33-19-23-54(24-20-33)37-21-25-55(26-22-37)38-14-16-40-41(27-38)49(61)56(48(40)60)43-17-18-44(57)52-46(43)58/h9-16,27-28,31,33,36-37,43,45H,3-6,17-26,30H2,1-2H3,(H,52,57,58). The Bertz CT molecular complexity index is 2330. The molecule has 322 valence electrons. The fourth-order valence-corrected chi connectivity index (χ4v) is 10.2. The summed E-state index contributed by atoms with van der Waals surface area (Å²) < 4.78 is 6.49. The number of nitriles is 1. The van der Waals surface area contributed by atoms with Crippen molar-refractivity contribution in [1.82, 2.24) is 20.0 Å². The Kier molecular flexibility index (Phi) is 13.0. The van der Waals surface area contributed by atoms with Crippen LogP contribution >= 0.6 is 11.6 Å². The molecule has 3 saturated heterocycles. The van der Waals surface area contributed by atoms with Gasteiger partial charge in [-0.1, -0.05) is 36.8 Å². The van der Waals surface area contributed by atoms with Gasteiger partial charge in [-0.15, -0.1) is 0 Å². The first-order valence-electron chi connectivity index (χ1n) is 22.1. The minimum Gasteiger partial charge on any atom is -0.490 e. The van der Waals surface area contributed by atoms with Gasteiger partial charge in [-0.05, 0) is 125 Å². The lowest BCUT2D eigenvalue weighted by molar-refractivity contribution is -0.136. The summed E-state index contributed by atoms with van der Waals surface area (Å²) in [7, 11) is 0. The van der Waals surface area contributed by atoms with E-state index in [0.717, 1.165) is 87.3 Å². The molecule has 12 nitrogen and oxygen atoms in total. The number of likely N-dealkylation sites (tertiary alicyclic amines) is 1. The van der Waals surface area contributed by atoms with Crippen LogP contribution in [0.1, 0.15) is 114 Å². The number of nitrogens with one attached hydrogen (secondary N) is 1. The van der Waals surface area contributed by atoms with E-state index >= 15 is 0 Å². The molecule has 1 saturated carbocycles. The van der Waals surface area contributed by atoms with Crippen LogP contribution in [0.5, 0.6) is 5.75 Å². The zero-order valence-electron chi connectivity index (χ0n) is 35.4. The number of amides is 5. The van der Waals surface area contributed by atoms with E-state index in [9.17, 15) is 29.2 Å². The van der Waals surface area contributed by atoms with E-state index in [2.05, 4.69) is 40.0 Å². The van der Waals surface area contributed by atoms with Crippen LogP contribution in [0.4, 0.5) is 5.69 Å². The molecule has 4 heterocycles. The summed E-state index contributed by atoms with van der Waals surface area (Å²) in [5.74, 6) is 6.36. The first-order valence-corrected chi connectivity index (χ1v) is 22.5. The molecule has 1 N–H and O–H groups in total. The largest absolute Gasteiger partial charge is 0.490 e. The molecule has 1 aliphatic carbocycles. The lowest BCUT2D eigenvalue weighted by Gasteiger charge is -2.42. The lowest BCUT2D eigenvalue weighted by atomic mass is 9.79. The number of piperidine rings is 3. The number of hydrogen-bond donors (Lipinski definition) is 1. The number of imide groups is 2. The van der Waals surface area contributed by atoms with E-state index < -0.39 is 29.7 Å². The summed E-state index contributed by atoms with van der Waals surface area (Å²) in [6, 6.07) is 19.8. The molecule has 4 aliphatic heterocycles. The van der Waals surface area contributed by atoms with Gasteiger partial charge < -0.3 is 19.4 Å². The predicted molar refractivity (Wildman–Crippen MR) is 235 cm³/mol. The number of anilines is 1. The highest BCUT2D eigenvalue weighted by molar-refractivity contribution is 6.31. The van der Waals surface area contributed by atoms with E-state index in [1.165, 1.54) is 0 Å². The minimum absolute atomic E-state index is 0.000784. The van der Waals surface area contributed by atoms with E-state index in [0.29, 0.717) is 64.0 Å². The predicted octanol–water partition coefficient (Wildman–Crippen LogP) is 6.69. The van der Waals surface area contributed by atoms with Crippen LogP contribution < -0.4 is 15.0 Å². The molecule has 5 aliphatic rings. The topological polar surface area (TPSA) is 143 Å². The van der Waals surface area contributed by atoms with E-state index in [1.807, 2.05) is 42.2 Å². The number of hydrogen-bond acceptors (Lipinski definition) is 9. The zero-order chi connectivity index (χ0) is 43.5. The van der Waals surface area contributed by atoms with Crippen LogP contribution in [0.2, 0.25) is 5.02 Å². The fraction of sp³-hybridized carbons (Fsp3) is 0.469. The van der Waals surface area contributed by atoms with E-state index in [1.54, 1.807) is 30.3 Å². The Balaban J connectivity index is 0.802. The number of halogens is 1. The third-order valence-corrected chi connectivity index (χ3v) is 13.9. The van der Waals surface area contributed by atoms with Gasteiger partial charge in [0.2, 0.25) is 11.8 Å². The lowest BCUT2D eigenvalue weighted by Crippen LogP contribution is -2.54. The number of fused-ring (bicyclic) bond motifs is 1. The molecule has 4 atom stereocenters. The molecule has 0 radical (unpaired) electrons. The molecule has 0 spiro atoms. The number of rotatable bonds is 9. The van der Waals surface area contributed by atoms with E-state index in [-0.39, 0.29) is 30.8 Å². The van der Waals surface area contributed by atoms with Gasteiger partial charge >= 0.3 is 0 Å². The third-order valence-electron chi connectivity index (χ3n) is 13.6. The quantitative estimate of drug-likeness (QED) is 0.184. The van der Waals surface area contributed by atoms with Crippen molar-refractivity contribution in [2.45, 2.75) is 89.8 Å². The van der Waals surface area contributed by atoms with Crippen molar-refractivity contribution in [2.75, 3.05) is 44.2 Å². The van der Waals surface area contributed by atoms with Crippen molar-refractivity contribution in [1.29, 1.82) is 5.26 Å². The van der Waals surface area contributed by atoms with Gasteiger partial charge in [0, 0.05) is 73.4 Å². The van der Waals surface area contributed by atoms with Crippen molar-refractivity contribution in [3.63, 3.8) is 0 Å². The summed E-state index contributed by atoms with van der Waals surface area (Å²) in [4.78, 5) is 72.2. The number of benzene rings is 3. The van der Waals surface area contributed by atoms with Gasteiger partial charge in [0.25, 0.3) is 17.7 Å². The second-order valence-corrected chi connectivity index (χ2v) is 17.8. The van der Waals surface area contributed by atoms with Crippen molar-refractivity contribution < 1.29 is 28.7 Å². The Morgan fingerprint density at radius 1 is 0.887 bits per heavy atom. The summed E-state index contributed by atoms with van der Waals surface area (Å²) >= 11 is 6.30. The number of nitrogens with zero attached hydrogens (tertiary/aromatic N) is 5. The normalized spacial score (nSPS) is 23.6. The van der Waals surface area contributed by atoms with Crippen LogP contribution in [0.25, 0.3) is 0 Å². The van der Waals surface area contributed by atoms with Crippen molar-refractivity contribution in [2.24, 2.45) is 17.8 Å². The van der Waals surface area contributed by atoms with Gasteiger partial charge in [-0.3, -0.25) is 34.2 Å². The molecule has 3 aromatic rings. The molecule has 13 heteroatoms. The number of carbonyl (C=O) groups is 5. The van der Waals surface area contributed by atoms with Crippen LogP contribution in [0.15, 0.2) is 60.7 Å². The molecule has 0 bridgehead atoms. The molecule has 3 aromatic carbocycles. The monoisotopic (exact) mass is 856 g/mol. The van der Waals surface area contributed by atoms with Crippen LogP contribution in [-0.4, -0.2) is 102 Å². The zero-order valence-corrected chi connectivity index (χ0v) is 36.2. The molecule has 8 rings (SSSR count). The van der Waals surface area contributed by atoms with Gasteiger partial charge in [-0.25, -0.2) is 0 Å². The Morgan fingerprint density at radius 3 is 2.32 bits per heavy atom. The molecule has 5 amide bonds. The van der Waals surface area contributed by atoms with Gasteiger partial charge in [0.1, 0.15) is 24.0 Å². The fourth-order valence-electron chi connectivity index (χ4n) is 9.98. The molecule has 62 heavy (non-hydrogen) atoms. The molecule has 0 aromatic heterocycles. The number of ether oxygens (including phenoxy) is 1. The third kappa shape index (κ3) is 9.09. The highest BCUT2D eigenvalue weighted by atomic mass is 35.5. The molecular formula is C49H53ClN6O6. The Morgan fingerprint density at radius 2 is 1.63 bits per heavy atom. The minimum atomic E-state index is -0.974. The maximum atomic E-state index is 13.8. The van der Waals surface area contributed by atoms with Crippen molar-refractivity contribution >= 4 is 46.8 Å². The SMILES string of the molecule is CCN(CC1CCCC(C)C1Oc1ccc(C#N)c(Cl)c1)C(=O)c1ccc(C#CC2CCN(C3CCN(c4ccc5c(c4)C(=O)N(C4CCC(=O)NC4=O)C5=O)CC3)CC2)cc1. The van der Waals surface area contributed by atoms with Gasteiger partial charge in [0.05, 0.1) is 21.7 Å². The number of carbonyl (C=O) groups excluding carboxylic acids is 5. The summed E-state index contributed by atoms with van der Waals surface area (Å²) in [6.07, 6.45) is 7.26. The summed E-state index contributed by atoms with van der Waals surface area (Å²) in [5.41, 5.74) is 3.46. The van der Waals surface area contributed by atoms with Crippen molar-refractivity contribution in [3.8, 4) is 23.7 Å². The Hall–Kier alpha value is -5.69.